The maximum atomic E-state index is 12.3. The zero-order valence-electron chi connectivity index (χ0n) is 16.1. The van der Waals surface area contributed by atoms with E-state index in [1.165, 1.54) is 19.3 Å². The van der Waals surface area contributed by atoms with E-state index in [1.54, 1.807) is 0 Å². The van der Waals surface area contributed by atoms with Gasteiger partial charge in [0.1, 0.15) is 0 Å². The molecule has 0 saturated heterocycles. The van der Waals surface area contributed by atoms with Gasteiger partial charge in [0.15, 0.2) is 0 Å². The topological polar surface area (TPSA) is 89.0 Å². The normalized spacial score (nSPS) is 21.1. The second-order valence-electron chi connectivity index (χ2n) is 6.98. The van der Waals surface area contributed by atoms with Crippen molar-refractivity contribution in [1.82, 2.24) is 10.7 Å². The molecule has 2 N–H and O–H groups in total. The number of hydrazone groups is 1. The molecule has 2 unspecified atom stereocenters. The van der Waals surface area contributed by atoms with Crippen LogP contribution in [0, 0.1) is 11.8 Å². The fourth-order valence-corrected chi connectivity index (χ4v) is 3.12. The van der Waals surface area contributed by atoms with Gasteiger partial charge in [-0.15, -0.1) is 0 Å². The molecule has 1 aliphatic carbocycles. The lowest BCUT2D eigenvalue weighted by atomic mass is 9.93. The molecule has 26 heavy (non-hydrogen) atoms. The number of rotatable bonds is 11. The van der Waals surface area contributed by atoms with E-state index >= 15 is 0 Å². The molecule has 2 amide bonds. The third kappa shape index (κ3) is 11.2. The number of hydrogen-bond acceptors (Lipinski definition) is 5. The maximum Gasteiger partial charge on any atom is 0.242 e. The predicted molar refractivity (Wildman–Crippen MR) is 102 cm³/mol. The van der Waals surface area contributed by atoms with Crippen LogP contribution < -0.4 is 10.7 Å². The second-order valence-corrected chi connectivity index (χ2v) is 6.98. The van der Waals surface area contributed by atoms with E-state index in [1.807, 2.05) is 0 Å². The summed E-state index contributed by atoms with van der Waals surface area (Å²) in [5.41, 5.74) is 2.24. The van der Waals surface area contributed by atoms with Crippen molar-refractivity contribution in [2.45, 2.75) is 58.3 Å². The standard InChI is InChI=1S/C19H35N3O4/c1-16-6-4-3-5-7-17(9-8-16)19(24)21-11-13-26-15-14-25-12-10-18(23)22-20-2/h16-17H,2-15H2,1H3,(H,21,24)(H,22,23). The van der Waals surface area contributed by atoms with Crippen LogP contribution in [0.3, 0.4) is 0 Å². The Hall–Kier alpha value is -1.47. The smallest absolute Gasteiger partial charge is 0.242 e. The van der Waals surface area contributed by atoms with Crippen LogP contribution in [0.5, 0.6) is 0 Å². The van der Waals surface area contributed by atoms with Crippen LogP contribution in [0.15, 0.2) is 5.10 Å². The van der Waals surface area contributed by atoms with E-state index in [0.29, 0.717) is 33.0 Å². The molecule has 0 aliphatic heterocycles. The van der Waals surface area contributed by atoms with Crippen molar-refractivity contribution in [3.05, 3.63) is 0 Å². The van der Waals surface area contributed by atoms with Crippen molar-refractivity contribution in [2.24, 2.45) is 16.9 Å². The maximum absolute atomic E-state index is 12.3. The average molecular weight is 370 g/mol. The molecule has 0 bridgehead atoms. The van der Waals surface area contributed by atoms with Crippen LogP contribution in [0.4, 0.5) is 0 Å². The van der Waals surface area contributed by atoms with Gasteiger partial charge in [0, 0.05) is 19.2 Å². The van der Waals surface area contributed by atoms with Crippen LogP contribution in [0.1, 0.15) is 58.3 Å². The molecule has 0 spiro atoms. The van der Waals surface area contributed by atoms with Gasteiger partial charge in [-0.05, 0) is 25.2 Å². The van der Waals surface area contributed by atoms with Gasteiger partial charge in [-0.25, -0.2) is 5.43 Å². The lowest BCUT2D eigenvalue weighted by Crippen LogP contribution is -2.33. The summed E-state index contributed by atoms with van der Waals surface area (Å²) < 4.78 is 10.7. The van der Waals surface area contributed by atoms with E-state index in [9.17, 15) is 9.59 Å². The van der Waals surface area contributed by atoms with Crippen LogP contribution in [-0.4, -0.2) is 51.5 Å². The lowest BCUT2D eigenvalue weighted by Gasteiger charge is -2.17. The first-order valence-corrected chi connectivity index (χ1v) is 9.81. The zero-order chi connectivity index (χ0) is 19.0. The molecule has 0 aromatic carbocycles. The number of nitrogens with one attached hydrogen (secondary N) is 2. The van der Waals surface area contributed by atoms with Crippen LogP contribution in [0.25, 0.3) is 0 Å². The molecule has 1 saturated carbocycles. The summed E-state index contributed by atoms with van der Waals surface area (Å²) in [7, 11) is 0. The van der Waals surface area contributed by atoms with Gasteiger partial charge in [-0.2, -0.15) is 5.10 Å². The molecule has 150 valence electrons. The molecule has 1 fully saturated rings. The minimum Gasteiger partial charge on any atom is -0.379 e. The Morgan fingerprint density at radius 3 is 2.50 bits per heavy atom. The minimum atomic E-state index is -0.219. The Balaban J connectivity index is 2.01. The monoisotopic (exact) mass is 369 g/mol. The molecule has 7 heteroatoms. The molecular weight excluding hydrogens is 334 g/mol. The van der Waals surface area contributed by atoms with Gasteiger partial charge < -0.3 is 14.8 Å². The highest BCUT2D eigenvalue weighted by Gasteiger charge is 2.20. The number of carbonyl (C=O) groups excluding carboxylic acids is 2. The lowest BCUT2D eigenvalue weighted by molar-refractivity contribution is -0.125. The Labute approximate surface area is 157 Å². The van der Waals surface area contributed by atoms with Crippen molar-refractivity contribution >= 4 is 18.5 Å². The highest BCUT2D eigenvalue weighted by molar-refractivity contribution is 5.78. The zero-order valence-corrected chi connectivity index (χ0v) is 16.1. The Kier molecular flexibility index (Phi) is 12.7. The van der Waals surface area contributed by atoms with Gasteiger partial charge in [-0.1, -0.05) is 32.6 Å². The van der Waals surface area contributed by atoms with Crippen LogP contribution in [-0.2, 0) is 19.1 Å². The molecule has 0 aromatic heterocycles. The van der Waals surface area contributed by atoms with Crippen LogP contribution >= 0.6 is 0 Å². The Bertz CT molecular complexity index is 418. The second kappa shape index (κ2) is 14.7. The van der Waals surface area contributed by atoms with Gasteiger partial charge >= 0.3 is 0 Å². The largest absolute Gasteiger partial charge is 0.379 e. The summed E-state index contributed by atoms with van der Waals surface area (Å²) >= 11 is 0. The van der Waals surface area contributed by atoms with Gasteiger partial charge in [0.25, 0.3) is 0 Å². The molecule has 7 nitrogen and oxygen atoms in total. The van der Waals surface area contributed by atoms with Crippen molar-refractivity contribution < 1.29 is 19.1 Å². The van der Waals surface area contributed by atoms with Crippen molar-refractivity contribution in [3.63, 3.8) is 0 Å². The van der Waals surface area contributed by atoms with E-state index in [4.69, 9.17) is 9.47 Å². The van der Waals surface area contributed by atoms with Crippen molar-refractivity contribution in [1.29, 1.82) is 0 Å². The highest BCUT2D eigenvalue weighted by atomic mass is 16.5. The molecule has 1 aliphatic rings. The molecular formula is C19H35N3O4. The van der Waals surface area contributed by atoms with Crippen molar-refractivity contribution in [2.75, 3.05) is 33.0 Å². The molecule has 2 atom stereocenters. The fraction of sp³-hybridized carbons (Fsp3) is 0.842. The summed E-state index contributed by atoms with van der Waals surface area (Å²) in [6.45, 7) is 7.64. The summed E-state index contributed by atoms with van der Waals surface area (Å²) in [4.78, 5) is 23.4. The van der Waals surface area contributed by atoms with Gasteiger partial charge in [0.2, 0.25) is 11.8 Å². The number of amides is 2. The highest BCUT2D eigenvalue weighted by Crippen LogP contribution is 2.25. The van der Waals surface area contributed by atoms with Crippen LogP contribution in [0.2, 0.25) is 0 Å². The van der Waals surface area contributed by atoms with E-state index < -0.39 is 0 Å². The molecule has 0 radical (unpaired) electrons. The third-order valence-electron chi connectivity index (χ3n) is 4.72. The summed E-state index contributed by atoms with van der Waals surface area (Å²) in [6.07, 6.45) is 8.37. The predicted octanol–water partition coefficient (Wildman–Crippen LogP) is 2.25. The van der Waals surface area contributed by atoms with Gasteiger partial charge in [0.05, 0.1) is 32.8 Å². The number of ether oxygens (including phenoxy) is 2. The molecule has 0 heterocycles. The molecule has 0 aromatic rings. The first kappa shape index (κ1) is 22.6. The Morgan fingerprint density at radius 2 is 1.73 bits per heavy atom. The quantitative estimate of drug-likeness (QED) is 0.332. The minimum absolute atomic E-state index is 0.148. The summed E-state index contributed by atoms with van der Waals surface area (Å²) in [6, 6.07) is 0. The fourth-order valence-electron chi connectivity index (χ4n) is 3.12. The Morgan fingerprint density at radius 1 is 1.00 bits per heavy atom. The number of hydrogen-bond donors (Lipinski definition) is 2. The first-order valence-electron chi connectivity index (χ1n) is 9.81. The summed E-state index contributed by atoms with van der Waals surface area (Å²) in [5.74, 6) is 0.824. The van der Waals surface area contributed by atoms with E-state index in [-0.39, 0.29) is 24.2 Å². The van der Waals surface area contributed by atoms with Gasteiger partial charge in [-0.3, -0.25) is 9.59 Å². The number of nitrogens with zero attached hydrogens (tertiary/aromatic N) is 1. The summed E-state index contributed by atoms with van der Waals surface area (Å²) in [5, 5.41) is 6.28. The molecule has 1 rings (SSSR count). The average Bonchev–Trinajstić information content (AvgIpc) is 2.72. The van der Waals surface area contributed by atoms with E-state index in [2.05, 4.69) is 29.5 Å². The van der Waals surface area contributed by atoms with Crippen molar-refractivity contribution in [3.8, 4) is 0 Å². The first-order chi connectivity index (χ1) is 12.6. The number of carbonyl (C=O) groups is 2. The third-order valence-corrected chi connectivity index (χ3v) is 4.72. The SMILES string of the molecule is C=NNC(=O)CCOCCOCCNC(=O)C1CCCCCC(C)CC1. The van der Waals surface area contributed by atoms with E-state index in [0.717, 1.165) is 31.6 Å².